The van der Waals surface area contributed by atoms with Crippen LogP contribution < -0.4 is 18.9 Å². The molecule has 8 heteroatoms. The molecule has 2 aliphatic rings. The highest BCUT2D eigenvalue weighted by atomic mass is 16.7. The van der Waals surface area contributed by atoms with Gasteiger partial charge in [0, 0.05) is 25.7 Å². The van der Waals surface area contributed by atoms with E-state index in [1.54, 1.807) is 21.3 Å². The number of aliphatic hydroxyl groups excluding tert-OH is 2. The van der Waals surface area contributed by atoms with Crippen LogP contribution in [0, 0.1) is 11.3 Å². The summed E-state index contributed by atoms with van der Waals surface area (Å²) in [5.74, 6) is 3.03. The number of methoxy groups -OCH3 is 3. The second kappa shape index (κ2) is 16.2. The molecule has 2 aromatic rings. The highest BCUT2D eigenvalue weighted by Crippen LogP contribution is 2.55. The number of ether oxygens (including phenoxy) is 6. The Morgan fingerprint density at radius 1 is 0.894 bits per heavy atom. The van der Waals surface area contributed by atoms with Crippen molar-refractivity contribution in [3.63, 3.8) is 0 Å². The second-order valence-corrected chi connectivity index (χ2v) is 13.7. The summed E-state index contributed by atoms with van der Waals surface area (Å²) in [6.07, 6.45) is 12.7. The number of hydrogen-bond acceptors (Lipinski definition) is 8. The zero-order valence-corrected chi connectivity index (χ0v) is 29.5. The molecule has 3 atom stereocenters. The number of rotatable bonds is 15. The first-order valence-corrected chi connectivity index (χ1v) is 16.5. The smallest absolute Gasteiger partial charge is 0.188 e. The quantitative estimate of drug-likeness (QED) is 0.116. The van der Waals surface area contributed by atoms with Crippen molar-refractivity contribution in [2.45, 2.75) is 84.8 Å². The van der Waals surface area contributed by atoms with Gasteiger partial charge in [0.1, 0.15) is 17.1 Å². The number of benzene rings is 2. The summed E-state index contributed by atoms with van der Waals surface area (Å²) < 4.78 is 35.2. The normalized spacial score (nSPS) is 22.4. The number of hydrogen-bond donors (Lipinski definition) is 2. The lowest BCUT2D eigenvalue weighted by Crippen LogP contribution is -2.58. The van der Waals surface area contributed by atoms with Crippen LogP contribution in [0.4, 0.5) is 0 Å². The second-order valence-electron chi connectivity index (χ2n) is 13.7. The molecule has 0 aromatic heterocycles. The van der Waals surface area contributed by atoms with Crippen molar-refractivity contribution in [3.8, 4) is 23.0 Å². The summed E-state index contributed by atoms with van der Waals surface area (Å²) in [6, 6.07) is 8.16. The van der Waals surface area contributed by atoms with Crippen LogP contribution in [0.2, 0.25) is 0 Å². The molecule has 2 aromatic carbocycles. The van der Waals surface area contributed by atoms with Crippen LogP contribution >= 0.6 is 0 Å². The standard InChI is InChI=1S/C39H54O8/c1-26(10-9-11-27(2)23-40)12-15-31-32(45-24-42-6)19-29(20-33(31)46-25-43-7)14-13-28-18-30-22-35-38(3,4)36(41)16-17-39(35,5)47-37(30)34(21-28)44-8/h11-14,18-21,35-36,40-41H,9-10,15-17,22-25H2,1-8H3/t35-,36-,39-/m1/s1. The van der Waals surface area contributed by atoms with Gasteiger partial charge in [-0.3, -0.25) is 0 Å². The Morgan fingerprint density at radius 2 is 1.51 bits per heavy atom. The monoisotopic (exact) mass is 650 g/mol. The predicted octanol–water partition coefficient (Wildman–Crippen LogP) is 7.53. The topological polar surface area (TPSA) is 95.8 Å². The van der Waals surface area contributed by atoms with E-state index in [9.17, 15) is 10.2 Å². The van der Waals surface area contributed by atoms with Crippen molar-refractivity contribution >= 4 is 12.2 Å². The van der Waals surface area contributed by atoms with Gasteiger partial charge in [-0.1, -0.05) is 49.3 Å². The maximum Gasteiger partial charge on any atom is 0.188 e. The summed E-state index contributed by atoms with van der Waals surface area (Å²) in [4.78, 5) is 0. The van der Waals surface area contributed by atoms with Gasteiger partial charge in [-0.15, -0.1) is 0 Å². The minimum Gasteiger partial charge on any atom is -0.493 e. The van der Waals surface area contributed by atoms with Gasteiger partial charge in [0.05, 0.1) is 19.8 Å². The van der Waals surface area contributed by atoms with E-state index in [0.717, 1.165) is 65.7 Å². The molecule has 1 saturated carbocycles. The molecule has 0 radical (unpaired) electrons. The molecule has 2 N–H and O–H groups in total. The zero-order valence-electron chi connectivity index (χ0n) is 29.5. The summed E-state index contributed by atoms with van der Waals surface area (Å²) >= 11 is 0. The van der Waals surface area contributed by atoms with Gasteiger partial charge in [0.15, 0.2) is 25.1 Å². The van der Waals surface area contributed by atoms with E-state index in [-0.39, 0.29) is 43.2 Å². The Hall–Kier alpha value is -3.30. The van der Waals surface area contributed by atoms with Crippen molar-refractivity contribution in [3.05, 3.63) is 69.8 Å². The molecule has 1 aliphatic heterocycles. The lowest BCUT2D eigenvalue weighted by Gasteiger charge is -2.55. The SMILES string of the molecule is COCOc1cc(C=Cc2cc3c(c(OC)c2)O[C@]2(C)CC[C@@H](O)C(C)(C)[C@H]2C3)cc(OCOC)c1CC=C(C)CCC=C(C)CO. The van der Waals surface area contributed by atoms with E-state index in [2.05, 4.69) is 52.0 Å². The van der Waals surface area contributed by atoms with Crippen molar-refractivity contribution in [1.29, 1.82) is 0 Å². The summed E-state index contributed by atoms with van der Waals surface area (Å²) in [5, 5.41) is 20.1. The van der Waals surface area contributed by atoms with Crippen molar-refractivity contribution in [2.24, 2.45) is 11.3 Å². The lowest BCUT2D eigenvalue weighted by molar-refractivity contribution is -0.138. The Kier molecular flexibility index (Phi) is 12.6. The van der Waals surface area contributed by atoms with E-state index in [1.807, 2.05) is 31.2 Å². The van der Waals surface area contributed by atoms with Crippen LogP contribution in [0.1, 0.15) is 82.6 Å². The molecule has 1 heterocycles. The number of allylic oxidation sites excluding steroid dienone is 3. The third kappa shape index (κ3) is 8.79. The van der Waals surface area contributed by atoms with Crippen LogP contribution in [-0.4, -0.2) is 63.4 Å². The fourth-order valence-corrected chi connectivity index (χ4v) is 6.86. The third-order valence-electron chi connectivity index (χ3n) is 9.80. The van der Waals surface area contributed by atoms with Crippen LogP contribution in [0.3, 0.4) is 0 Å². The molecule has 4 rings (SSSR count). The molecule has 0 unspecified atom stereocenters. The average molecular weight is 651 g/mol. The third-order valence-corrected chi connectivity index (χ3v) is 9.80. The molecular weight excluding hydrogens is 596 g/mol. The minimum atomic E-state index is -0.361. The fraction of sp³-hybridized carbons (Fsp3) is 0.538. The molecule has 258 valence electrons. The van der Waals surface area contributed by atoms with Gasteiger partial charge in [-0.25, -0.2) is 0 Å². The van der Waals surface area contributed by atoms with Crippen molar-refractivity contribution in [1.82, 2.24) is 0 Å². The molecule has 0 saturated heterocycles. The van der Waals surface area contributed by atoms with Crippen LogP contribution in [-0.2, 0) is 22.3 Å². The van der Waals surface area contributed by atoms with Gasteiger partial charge in [-0.2, -0.15) is 0 Å². The summed E-state index contributed by atoms with van der Waals surface area (Å²) in [6.45, 7) is 10.8. The molecule has 0 spiro atoms. The Balaban J connectivity index is 1.65. The van der Waals surface area contributed by atoms with Gasteiger partial charge in [0.2, 0.25) is 0 Å². The predicted molar refractivity (Wildman–Crippen MR) is 186 cm³/mol. The van der Waals surface area contributed by atoms with E-state index < -0.39 is 0 Å². The zero-order chi connectivity index (χ0) is 34.2. The van der Waals surface area contributed by atoms with Crippen molar-refractivity contribution in [2.75, 3.05) is 41.5 Å². The number of aliphatic hydroxyl groups is 2. The highest BCUT2D eigenvalue weighted by molar-refractivity contribution is 5.74. The largest absolute Gasteiger partial charge is 0.493 e. The lowest BCUT2D eigenvalue weighted by atomic mass is 9.57. The van der Waals surface area contributed by atoms with Gasteiger partial charge >= 0.3 is 0 Å². The van der Waals surface area contributed by atoms with Crippen molar-refractivity contribution < 1.29 is 38.6 Å². The molecule has 0 amide bonds. The Labute approximate surface area is 281 Å². The number of fused-ring (bicyclic) bond motifs is 2. The molecule has 0 bridgehead atoms. The molecule has 47 heavy (non-hydrogen) atoms. The molecule has 1 aliphatic carbocycles. The van der Waals surface area contributed by atoms with Crippen LogP contribution in [0.15, 0.2) is 47.6 Å². The van der Waals surface area contributed by atoms with E-state index in [0.29, 0.717) is 23.7 Å². The molecule has 8 nitrogen and oxygen atoms in total. The van der Waals surface area contributed by atoms with Crippen LogP contribution in [0.25, 0.3) is 12.2 Å². The molecular formula is C39H54O8. The minimum absolute atomic E-state index is 0.0850. The Morgan fingerprint density at radius 3 is 2.11 bits per heavy atom. The van der Waals surface area contributed by atoms with E-state index in [1.165, 1.54) is 5.57 Å². The van der Waals surface area contributed by atoms with Gasteiger partial charge < -0.3 is 38.6 Å². The summed E-state index contributed by atoms with van der Waals surface area (Å²) in [5.41, 5.74) is 5.46. The van der Waals surface area contributed by atoms with Crippen LogP contribution in [0.5, 0.6) is 23.0 Å². The fourth-order valence-electron chi connectivity index (χ4n) is 6.86. The van der Waals surface area contributed by atoms with Gasteiger partial charge in [-0.05, 0) is 106 Å². The first-order chi connectivity index (χ1) is 22.4. The Bertz CT molecular complexity index is 1430. The molecule has 1 fully saturated rings. The average Bonchev–Trinajstić information content (AvgIpc) is 3.05. The first kappa shape index (κ1) is 36.5. The maximum absolute atomic E-state index is 10.9. The highest BCUT2D eigenvalue weighted by Gasteiger charge is 2.54. The van der Waals surface area contributed by atoms with E-state index >= 15 is 0 Å². The maximum atomic E-state index is 10.9. The van der Waals surface area contributed by atoms with E-state index in [4.69, 9.17) is 28.4 Å². The van der Waals surface area contributed by atoms with Gasteiger partial charge in [0.25, 0.3) is 0 Å². The first-order valence-electron chi connectivity index (χ1n) is 16.5. The summed E-state index contributed by atoms with van der Waals surface area (Å²) in [7, 11) is 4.88.